The molecule has 0 aliphatic rings. The van der Waals surface area contributed by atoms with Crippen molar-refractivity contribution in [3.05, 3.63) is 24.2 Å². The minimum absolute atomic E-state index is 0.283. The average Bonchev–Trinajstić information content (AvgIpc) is 2.95. The number of aliphatic hydroxyl groups excluding tert-OH is 3. The van der Waals surface area contributed by atoms with Gasteiger partial charge in [0.15, 0.2) is 0 Å². The molecule has 2 aromatic heterocycles. The molecule has 0 aliphatic carbocycles. The predicted molar refractivity (Wildman–Crippen MR) is 57.7 cm³/mol. The molecule has 2 atom stereocenters. The molecule has 0 saturated heterocycles. The molecule has 0 bridgehead atoms. The summed E-state index contributed by atoms with van der Waals surface area (Å²) in [5.74, 6) is 0. The number of aromatic amines is 1. The van der Waals surface area contributed by atoms with Crippen LogP contribution in [0.1, 0.15) is 11.8 Å². The molecule has 16 heavy (non-hydrogen) atoms. The average molecular weight is 241 g/mol. The fraction of sp³-hybridized carbons (Fsp3) is 0.333. The normalized spacial score (nSPS) is 14.9. The lowest BCUT2D eigenvalue weighted by atomic mass is 10.1. The van der Waals surface area contributed by atoms with Crippen LogP contribution in [0.4, 0.5) is 0 Å². The Balaban J connectivity index is 2.33. The lowest BCUT2D eigenvalue weighted by Gasteiger charge is -2.13. The molecule has 0 aliphatic heterocycles. The summed E-state index contributed by atoms with van der Waals surface area (Å²) < 4.78 is 7.99. The van der Waals surface area contributed by atoms with E-state index in [2.05, 4.69) is 13.7 Å². The largest absolute Gasteiger partial charge is 0.394 e. The van der Waals surface area contributed by atoms with E-state index in [9.17, 15) is 10.2 Å². The van der Waals surface area contributed by atoms with Gasteiger partial charge in [0.2, 0.25) is 0 Å². The maximum Gasteiger partial charge on any atom is 0.127 e. The minimum Gasteiger partial charge on any atom is -0.394 e. The van der Waals surface area contributed by atoms with Crippen molar-refractivity contribution in [2.45, 2.75) is 12.2 Å². The Morgan fingerprint density at radius 3 is 2.81 bits per heavy atom. The second kappa shape index (κ2) is 4.71. The van der Waals surface area contributed by atoms with E-state index in [1.165, 1.54) is 0 Å². The second-order valence-electron chi connectivity index (χ2n) is 3.29. The number of hydrogen-bond acceptors (Lipinski definition) is 6. The Labute approximate surface area is 95.5 Å². The van der Waals surface area contributed by atoms with Crippen LogP contribution < -0.4 is 0 Å². The first-order chi connectivity index (χ1) is 7.74. The number of H-pyrrole nitrogens is 1. The van der Waals surface area contributed by atoms with Gasteiger partial charge in [-0.25, -0.2) is 0 Å². The molecule has 4 N–H and O–H groups in total. The summed E-state index contributed by atoms with van der Waals surface area (Å²) in [4.78, 5) is 2.87. The summed E-state index contributed by atoms with van der Waals surface area (Å²) in [6.07, 6.45) is 0.973. The molecular weight excluding hydrogens is 230 g/mol. The van der Waals surface area contributed by atoms with Crippen molar-refractivity contribution in [3.8, 4) is 11.3 Å². The molecule has 2 heterocycles. The quantitative estimate of drug-likeness (QED) is 0.599. The summed E-state index contributed by atoms with van der Waals surface area (Å²) in [5, 5.41) is 27.9. The number of hydrogen-bond donors (Lipinski definition) is 4. The summed E-state index contributed by atoms with van der Waals surface area (Å²) >= 11 is 0.954. The Hall–Kier alpha value is -1.28. The molecule has 6 nitrogen and oxygen atoms in total. The van der Waals surface area contributed by atoms with Crippen molar-refractivity contribution in [3.63, 3.8) is 0 Å². The Bertz CT molecular complexity index is 443. The van der Waals surface area contributed by atoms with Crippen LogP contribution in [-0.2, 0) is 0 Å². The van der Waals surface area contributed by atoms with E-state index >= 15 is 0 Å². The fourth-order valence-corrected chi connectivity index (χ4v) is 1.95. The molecule has 0 fully saturated rings. The number of nitrogens with one attached hydrogen (secondary N) is 1. The highest BCUT2D eigenvalue weighted by Gasteiger charge is 2.24. The van der Waals surface area contributed by atoms with Crippen molar-refractivity contribution >= 4 is 11.7 Å². The predicted octanol–water partition coefficient (Wildman–Crippen LogP) is -0.0802. The minimum atomic E-state index is -1.25. The molecule has 86 valence electrons. The van der Waals surface area contributed by atoms with Crippen molar-refractivity contribution in [1.82, 2.24) is 13.7 Å². The Kier molecular flexibility index (Phi) is 3.30. The molecule has 2 rings (SSSR count). The highest BCUT2D eigenvalue weighted by molar-refractivity contribution is 6.99. The van der Waals surface area contributed by atoms with Gasteiger partial charge in [0.05, 0.1) is 18.3 Å². The maximum absolute atomic E-state index is 9.74. The molecule has 0 radical (unpaired) electrons. The number of rotatable bonds is 4. The van der Waals surface area contributed by atoms with Gasteiger partial charge < -0.3 is 20.3 Å². The van der Waals surface area contributed by atoms with Crippen LogP contribution in [0.25, 0.3) is 11.3 Å². The van der Waals surface area contributed by atoms with Crippen LogP contribution in [-0.4, -0.2) is 41.8 Å². The smallest absolute Gasteiger partial charge is 0.127 e. The summed E-state index contributed by atoms with van der Waals surface area (Å²) in [5.41, 5.74) is 1.59. The molecule has 0 spiro atoms. The van der Waals surface area contributed by atoms with Crippen LogP contribution >= 0.6 is 11.7 Å². The van der Waals surface area contributed by atoms with Crippen molar-refractivity contribution < 1.29 is 15.3 Å². The van der Waals surface area contributed by atoms with Crippen molar-refractivity contribution in [2.24, 2.45) is 0 Å². The van der Waals surface area contributed by atoms with E-state index in [0.29, 0.717) is 5.69 Å². The standard InChI is InChI=1S/C9H11N3O3S/c13-4-6(14)9(15)8-7(11-16-12-8)5-1-2-10-3-5/h1-3,6,9-10,13-15H,4H2. The van der Waals surface area contributed by atoms with E-state index < -0.39 is 18.8 Å². The zero-order chi connectivity index (χ0) is 11.5. The third-order valence-corrected chi connectivity index (χ3v) is 2.76. The zero-order valence-corrected chi connectivity index (χ0v) is 9.05. The van der Waals surface area contributed by atoms with Gasteiger partial charge in [-0.3, -0.25) is 0 Å². The molecule has 0 aromatic carbocycles. The zero-order valence-electron chi connectivity index (χ0n) is 8.24. The number of aliphatic hydroxyl groups is 3. The Morgan fingerprint density at radius 1 is 1.38 bits per heavy atom. The van der Waals surface area contributed by atoms with E-state index in [4.69, 9.17) is 5.11 Å². The first-order valence-corrected chi connectivity index (χ1v) is 5.39. The molecule has 2 unspecified atom stereocenters. The summed E-state index contributed by atoms with van der Waals surface area (Å²) in [6, 6.07) is 1.79. The summed E-state index contributed by atoms with van der Waals surface area (Å²) in [7, 11) is 0. The van der Waals surface area contributed by atoms with Crippen LogP contribution in [0.3, 0.4) is 0 Å². The molecule has 0 saturated carbocycles. The van der Waals surface area contributed by atoms with Crippen LogP contribution in [0.2, 0.25) is 0 Å². The first-order valence-electron chi connectivity index (χ1n) is 4.66. The van der Waals surface area contributed by atoms with Gasteiger partial charge >= 0.3 is 0 Å². The van der Waals surface area contributed by atoms with Gasteiger partial charge in [-0.1, -0.05) is 0 Å². The van der Waals surface area contributed by atoms with Gasteiger partial charge in [-0.05, 0) is 6.07 Å². The third-order valence-electron chi connectivity index (χ3n) is 2.22. The lowest BCUT2D eigenvalue weighted by Crippen LogP contribution is -2.22. The van der Waals surface area contributed by atoms with Gasteiger partial charge in [-0.15, -0.1) is 0 Å². The first kappa shape index (κ1) is 11.2. The summed E-state index contributed by atoms with van der Waals surface area (Å²) in [6.45, 7) is -0.523. The Morgan fingerprint density at radius 2 is 2.19 bits per heavy atom. The van der Waals surface area contributed by atoms with Gasteiger partial charge in [0.25, 0.3) is 0 Å². The molecule has 7 heteroatoms. The second-order valence-corrected chi connectivity index (χ2v) is 3.82. The van der Waals surface area contributed by atoms with Crippen molar-refractivity contribution in [2.75, 3.05) is 6.61 Å². The van der Waals surface area contributed by atoms with Crippen molar-refractivity contribution in [1.29, 1.82) is 0 Å². The maximum atomic E-state index is 9.74. The van der Waals surface area contributed by atoms with E-state index in [1.54, 1.807) is 18.5 Å². The third kappa shape index (κ3) is 1.98. The lowest BCUT2D eigenvalue weighted by molar-refractivity contribution is -0.0166. The van der Waals surface area contributed by atoms with E-state index in [1.807, 2.05) is 0 Å². The molecular formula is C9H11N3O3S. The van der Waals surface area contributed by atoms with Gasteiger partial charge in [-0.2, -0.15) is 8.75 Å². The molecule has 0 amide bonds. The van der Waals surface area contributed by atoms with E-state index in [0.717, 1.165) is 17.3 Å². The van der Waals surface area contributed by atoms with Crippen LogP contribution in [0.15, 0.2) is 18.5 Å². The fourth-order valence-electron chi connectivity index (χ4n) is 1.34. The monoisotopic (exact) mass is 241 g/mol. The topological polar surface area (TPSA) is 102 Å². The van der Waals surface area contributed by atoms with E-state index in [-0.39, 0.29) is 5.69 Å². The van der Waals surface area contributed by atoms with Crippen LogP contribution in [0.5, 0.6) is 0 Å². The SMILES string of the molecule is OCC(O)C(O)c1nsnc1-c1cc[nH]c1. The van der Waals surface area contributed by atoms with Crippen LogP contribution in [0, 0.1) is 0 Å². The highest BCUT2D eigenvalue weighted by Crippen LogP contribution is 2.27. The van der Waals surface area contributed by atoms with Gasteiger partial charge in [0.1, 0.15) is 23.6 Å². The highest BCUT2D eigenvalue weighted by atomic mass is 32.1. The number of nitrogens with zero attached hydrogens (tertiary/aromatic N) is 2. The molecule has 2 aromatic rings. The number of aromatic nitrogens is 3. The van der Waals surface area contributed by atoms with Gasteiger partial charge in [0, 0.05) is 18.0 Å².